The highest BCUT2D eigenvalue weighted by atomic mass is 35.5. The van der Waals surface area contributed by atoms with E-state index in [4.69, 9.17) is 16.7 Å². The maximum absolute atomic E-state index is 12.1. The van der Waals surface area contributed by atoms with E-state index in [0.717, 1.165) is 12.0 Å². The van der Waals surface area contributed by atoms with Crippen molar-refractivity contribution in [2.45, 2.75) is 33.6 Å². The molecule has 1 aromatic rings. The zero-order valence-corrected chi connectivity index (χ0v) is 13.4. The molecule has 0 spiro atoms. The minimum atomic E-state index is -0.844. The van der Waals surface area contributed by atoms with Crippen LogP contribution in [0.4, 0.5) is 0 Å². The number of hydrogen-bond acceptors (Lipinski definition) is 2. The third kappa shape index (κ3) is 6.17. The van der Waals surface area contributed by atoms with Gasteiger partial charge in [0.25, 0.3) is 5.91 Å². The fourth-order valence-electron chi connectivity index (χ4n) is 2.29. The number of aryl methyl sites for hydroxylation is 1. The zero-order valence-electron chi connectivity index (χ0n) is 12.6. The number of rotatable bonds is 7. The molecule has 1 atom stereocenters. The van der Waals surface area contributed by atoms with E-state index in [-0.39, 0.29) is 18.2 Å². The summed E-state index contributed by atoms with van der Waals surface area (Å²) in [6.07, 6.45) is 0.814. The molecule has 4 nitrogen and oxygen atoms in total. The molecule has 0 radical (unpaired) electrons. The maximum Gasteiger partial charge on any atom is 0.303 e. The van der Waals surface area contributed by atoms with Crippen LogP contribution < -0.4 is 5.32 Å². The van der Waals surface area contributed by atoms with E-state index in [2.05, 4.69) is 5.32 Å². The number of benzene rings is 1. The molecular formula is C16H22ClNO3. The Morgan fingerprint density at radius 3 is 2.52 bits per heavy atom. The molecule has 0 aliphatic rings. The molecule has 0 saturated heterocycles. The third-order valence-electron chi connectivity index (χ3n) is 3.19. The highest BCUT2D eigenvalue weighted by molar-refractivity contribution is 6.33. The van der Waals surface area contributed by atoms with Gasteiger partial charge in [-0.2, -0.15) is 0 Å². The van der Waals surface area contributed by atoms with Crippen LogP contribution in [0.2, 0.25) is 5.02 Å². The molecule has 0 aliphatic heterocycles. The van der Waals surface area contributed by atoms with Crippen molar-refractivity contribution in [3.05, 3.63) is 34.3 Å². The lowest BCUT2D eigenvalue weighted by molar-refractivity contribution is -0.138. The van der Waals surface area contributed by atoms with Crippen molar-refractivity contribution in [3.8, 4) is 0 Å². The highest BCUT2D eigenvalue weighted by Crippen LogP contribution is 2.18. The van der Waals surface area contributed by atoms with Crippen LogP contribution in [0.5, 0.6) is 0 Å². The first-order valence-electron chi connectivity index (χ1n) is 7.05. The van der Waals surface area contributed by atoms with E-state index in [1.165, 1.54) is 0 Å². The van der Waals surface area contributed by atoms with Gasteiger partial charge in [0.2, 0.25) is 0 Å². The van der Waals surface area contributed by atoms with Gasteiger partial charge in [0.1, 0.15) is 0 Å². The van der Waals surface area contributed by atoms with Crippen LogP contribution in [0.15, 0.2) is 18.2 Å². The van der Waals surface area contributed by atoms with E-state index < -0.39 is 5.97 Å². The molecule has 0 saturated carbocycles. The Hall–Kier alpha value is -1.55. The lowest BCUT2D eigenvalue weighted by Crippen LogP contribution is -2.31. The molecule has 0 aliphatic carbocycles. The molecule has 1 aromatic carbocycles. The van der Waals surface area contributed by atoms with Crippen LogP contribution in [-0.4, -0.2) is 23.5 Å². The number of carboxylic acids is 1. The Bertz CT molecular complexity index is 514. The molecule has 21 heavy (non-hydrogen) atoms. The fraction of sp³-hybridized carbons (Fsp3) is 0.500. The van der Waals surface area contributed by atoms with Gasteiger partial charge in [0, 0.05) is 13.0 Å². The standard InChI is InChI=1S/C16H22ClNO3/c1-10(2)6-12(8-15(19)20)9-18-16(21)13-5-4-11(3)7-14(13)17/h4-5,7,10,12H,6,8-9H2,1-3H3,(H,18,21)(H,19,20)/t12-/m0/s1. The van der Waals surface area contributed by atoms with Crippen LogP contribution in [0.3, 0.4) is 0 Å². The second kappa shape index (κ2) is 8.03. The molecule has 0 fully saturated rings. The van der Waals surface area contributed by atoms with Gasteiger partial charge in [-0.1, -0.05) is 31.5 Å². The summed E-state index contributed by atoms with van der Waals surface area (Å²) in [6.45, 7) is 6.31. The van der Waals surface area contributed by atoms with Crippen LogP contribution in [0.25, 0.3) is 0 Å². The van der Waals surface area contributed by atoms with Crippen molar-refractivity contribution in [2.24, 2.45) is 11.8 Å². The number of nitrogens with one attached hydrogen (secondary N) is 1. The van der Waals surface area contributed by atoms with Crippen LogP contribution in [0.1, 0.15) is 42.6 Å². The van der Waals surface area contributed by atoms with Crippen LogP contribution in [0, 0.1) is 18.8 Å². The number of amides is 1. The molecule has 116 valence electrons. The van der Waals surface area contributed by atoms with Gasteiger partial charge >= 0.3 is 5.97 Å². The Labute approximate surface area is 130 Å². The quantitative estimate of drug-likeness (QED) is 0.809. The Kier molecular flexibility index (Phi) is 6.69. The summed E-state index contributed by atoms with van der Waals surface area (Å²) in [4.78, 5) is 23.0. The first-order valence-corrected chi connectivity index (χ1v) is 7.43. The largest absolute Gasteiger partial charge is 0.481 e. The Balaban J connectivity index is 2.65. The molecule has 0 unspecified atom stereocenters. The normalized spacial score (nSPS) is 12.2. The van der Waals surface area contributed by atoms with Gasteiger partial charge in [0.05, 0.1) is 10.6 Å². The lowest BCUT2D eigenvalue weighted by Gasteiger charge is -2.18. The topological polar surface area (TPSA) is 66.4 Å². The van der Waals surface area contributed by atoms with Crippen LogP contribution in [-0.2, 0) is 4.79 Å². The average molecular weight is 312 g/mol. The minimum absolute atomic E-state index is 0.0556. The maximum atomic E-state index is 12.1. The average Bonchev–Trinajstić information content (AvgIpc) is 2.34. The summed E-state index contributed by atoms with van der Waals surface area (Å²) in [5, 5.41) is 12.1. The van der Waals surface area contributed by atoms with Crippen molar-refractivity contribution in [1.29, 1.82) is 0 Å². The Morgan fingerprint density at radius 2 is 2.00 bits per heavy atom. The summed E-state index contributed by atoms with van der Waals surface area (Å²) in [5.41, 5.74) is 1.40. The number of carbonyl (C=O) groups is 2. The minimum Gasteiger partial charge on any atom is -0.481 e. The summed E-state index contributed by atoms with van der Waals surface area (Å²) in [5.74, 6) is -0.799. The van der Waals surface area contributed by atoms with E-state index in [0.29, 0.717) is 23.0 Å². The Morgan fingerprint density at radius 1 is 1.33 bits per heavy atom. The van der Waals surface area contributed by atoms with E-state index in [1.54, 1.807) is 12.1 Å². The predicted molar refractivity (Wildman–Crippen MR) is 83.7 cm³/mol. The summed E-state index contributed by atoms with van der Waals surface area (Å²) < 4.78 is 0. The number of hydrogen-bond donors (Lipinski definition) is 2. The monoisotopic (exact) mass is 311 g/mol. The third-order valence-corrected chi connectivity index (χ3v) is 3.50. The molecular weight excluding hydrogens is 290 g/mol. The van der Waals surface area contributed by atoms with Gasteiger partial charge in [-0.05, 0) is 42.9 Å². The first-order chi connectivity index (χ1) is 9.79. The van der Waals surface area contributed by atoms with E-state index in [1.807, 2.05) is 26.8 Å². The van der Waals surface area contributed by atoms with Gasteiger partial charge in [-0.15, -0.1) is 0 Å². The summed E-state index contributed by atoms with van der Waals surface area (Å²) in [7, 11) is 0. The second-order valence-electron chi connectivity index (χ2n) is 5.79. The molecule has 1 amide bonds. The predicted octanol–water partition coefficient (Wildman–Crippen LogP) is 3.52. The summed E-state index contributed by atoms with van der Waals surface area (Å²) >= 11 is 6.05. The molecule has 0 aromatic heterocycles. The molecule has 0 heterocycles. The SMILES string of the molecule is Cc1ccc(C(=O)NC[C@H](CC(=O)O)CC(C)C)c(Cl)c1. The van der Waals surface area contributed by atoms with Gasteiger partial charge in [-0.3, -0.25) is 9.59 Å². The number of carbonyl (C=O) groups excluding carboxylic acids is 1. The van der Waals surface area contributed by atoms with Crippen molar-refractivity contribution in [2.75, 3.05) is 6.54 Å². The second-order valence-corrected chi connectivity index (χ2v) is 6.19. The van der Waals surface area contributed by atoms with Gasteiger partial charge < -0.3 is 10.4 Å². The van der Waals surface area contributed by atoms with Crippen LogP contribution >= 0.6 is 11.6 Å². The van der Waals surface area contributed by atoms with Crippen molar-refractivity contribution in [3.63, 3.8) is 0 Å². The summed E-state index contributed by atoms with van der Waals surface area (Å²) in [6, 6.07) is 5.24. The molecule has 5 heteroatoms. The molecule has 1 rings (SSSR count). The highest BCUT2D eigenvalue weighted by Gasteiger charge is 2.17. The first kappa shape index (κ1) is 17.5. The van der Waals surface area contributed by atoms with Crippen molar-refractivity contribution in [1.82, 2.24) is 5.32 Å². The number of aliphatic carboxylic acids is 1. The smallest absolute Gasteiger partial charge is 0.303 e. The number of halogens is 1. The van der Waals surface area contributed by atoms with Crippen molar-refractivity contribution >= 4 is 23.5 Å². The molecule has 2 N–H and O–H groups in total. The van der Waals surface area contributed by atoms with Crippen molar-refractivity contribution < 1.29 is 14.7 Å². The fourth-order valence-corrected chi connectivity index (χ4v) is 2.61. The van der Waals surface area contributed by atoms with Gasteiger partial charge in [-0.25, -0.2) is 0 Å². The molecule has 0 bridgehead atoms. The number of carboxylic acid groups (broad SMARTS) is 1. The van der Waals surface area contributed by atoms with Gasteiger partial charge in [0.15, 0.2) is 0 Å². The lowest BCUT2D eigenvalue weighted by atomic mass is 9.94. The van der Waals surface area contributed by atoms with E-state index in [9.17, 15) is 9.59 Å². The zero-order chi connectivity index (χ0) is 16.0. The van der Waals surface area contributed by atoms with E-state index >= 15 is 0 Å².